The largest absolute Gasteiger partial charge is 0.381 e. The average molecular weight is 312 g/mol. The number of imidazole rings is 1. The Kier molecular flexibility index (Phi) is 2.64. The third-order valence-corrected chi connectivity index (χ3v) is 6.60. The lowest BCUT2D eigenvalue weighted by molar-refractivity contribution is 0.387. The molecule has 0 amide bonds. The molecule has 2 heterocycles. The van der Waals surface area contributed by atoms with E-state index in [1.54, 1.807) is 14.9 Å². The number of nitrogens with zero attached hydrogens (tertiary/aromatic N) is 3. The molecule has 20 heavy (non-hydrogen) atoms. The molecule has 108 valence electrons. The molecule has 0 aromatic carbocycles. The number of nitrogens with two attached hydrogens (primary N) is 1. The second-order valence-electron chi connectivity index (χ2n) is 5.61. The van der Waals surface area contributed by atoms with Gasteiger partial charge in [-0.15, -0.1) is 11.3 Å². The van der Waals surface area contributed by atoms with Crippen LogP contribution in [0.15, 0.2) is 16.6 Å². The topological polar surface area (TPSA) is 80.7 Å². The summed E-state index contributed by atoms with van der Waals surface area (Å²) in [5.41, 5.74) is 5.86. The summed E-state index contributed by atoms with van der Waals surface area (Å²) in [4.78, 5) is 4.78. The van der Waals surface area contributed by atoms with E-state index in [2.05, 4.69) is 4.98 Å². The quantitative estimate of drug-likeness (QED) is 0.908. The monoisotopic (exact) mass is 312 g/mol. The number of hydrogen-bond donors (Lipinski definition) is 1. The molecule has 0 saturated heterocycles. The SMILES string of the molecule is Nc1nc2sccn2c1S(=O)(=O)N(CC1CC1)C1CC1. The highest BCUT2D eigenvalue weighted by atomic mass is 32.2. The van der Waals surface area contributed by atoms with Gasteiger partial charge in [-0.05, 0) is 31.6 Å². The van der Waals surface area contributed by atoms with E-state index >= 15 is 0 Å². The highest BCUT2D eigenvalue weighted by Gasteiger charge is 2.43. The van der Waals surface area contributed by atoms with Crippen molar-refractivity contribution in [2.75, 3.05) is 12.3 Å². The molecule has 0 aliphatic heterocycles. The minimum absolute atomic E-state index is 0.110. The molecule has 2 saturated carbocycles. The van der Waals surface area contributed by atoms with E-state index in [-0.39, 0.29) is 16.9 Å². The second-order valence-corrected chi connectivity index (χ2v) is 8.29. The molecule has 2 fully saturated rings. The summed E-state index contributed by atoms with van der Waals surface area (Å²) in [6.07, 6.45) is 5.90. The number of fused-ring (bicyclic) bond motifs is 1. The summed E-state index contributed by atoms with van der Waals surface area (Å²) in [6.45, 7) is 0.629. The van der Waals surface area contributed by atoms with Gasteiger partial charge in [0.05, 0.1) is 0 Å². The molecule has 2 aromatic rings. The lowest BCUT2D eigenvalue weighted by Crippen LogP contribution is -2.35. The first-order valence-electron chi connectivity index (χ1n) is 6.80. The first kappa shape index (κ1) is 12.6. The fourth-order valence-corrected chi connectivity index (χ4v) is 5.23. The smallest absolute Gasteiger partial charge is 0.263 e. The van der Waals surface area contributed by atoms with Crippen molar-refractivity contribution in [1.82, 2.24) is 13.7 Å². The van der Waals surface area contributed by atoms with Gasteiger partial charge in [0.15, 0.2) is 15.8 Å². The Bertz CT molecular complexity index is 756. The third kappa shape index (κ3) is 1.94. The number of aromatic nitrogens is 2. The summed E-state index contributed by atoms with van der Waals surface area (Å²) in [5.74, 6) is 0.635. The number of hydrogen-bond acceptors (Lipinski definition) is 5. The Morgan fingerprint density at radius 3 is 2.80 bits per heavy atom. The standard InChI is InChI=1S/C12H16N4O2S2/c13-10-11(15-5-6-19-12(15)14-10)20(17,18)16(9-3-4-9)7-8-1-2-8/h5-6,8-9H,1-4,7,13H2. The minimum atomic E-state index is -3.56. The summed E-state index contributed by atoms with van der Waals surface area (Å²) in [6, 6.07) is 0.157. The molecule has 0 unspecified atom stereocenters. The Morgan fingerprint density at radius 1 is 1.40 bits per heavy atom. The highest BCUT2D eigenvalue weighted by Crippen LogP contribution is 2.39. The third-order valence-electron chi connectivity index (χ3n) is 3.89. The molecule has 0 bridgehead atoms. The molecule has 2 aromatic heterocycles. The van der Waals surface area contributed by atoms with Crippen molar-refractivity contribution in [3.05, 3.63) is 11.6 Å². The van der Waals surface area contributed by atoms with Gasteiger partial charge in [-0.1, -0.05) is 0 Å². The van der Waals surface area contributed by atoms with Crippen LogP contribution in [0.25, 0.3) is 4.96 Å². The van der Waals surface area contributed by atoms with Gasteiger partial charge in [0.2, 0.25) is 0 Å². The van der Waals surface area contributed by atoms with Gasteiger partial charge in [-0.3, -0.25) is 4.40 Å². The average Bonchev–Trinajstić information content (AvgIpc) is 3.27. The molecule has 0 spiro atoms. The maximum Gasteiger partial charge on any atom is 0.263 e. The van der Waals surface area contributed by atoms with Crippen molar-refractivity contribution < 1.29 is 8.42 Å². The van der Waals surface area contributed by atoms with Crippen LogP contribution in [-0.4, -0.2) is 34.7 Å². The van der Waals surface area contributed by atoms with Crippen molar-refractivity contribution >= 4 is 32.1 Å². The summed E-state index contributed by atoms with van der Waals surface area (Å²) < 4.78 is 29.2. The lowest BCUT2D eigenvalue weighted by Gasteiger charge is -2.21. The molecular weight excluding hydrogens is 296 g/mol. The molecule has 0 atom stereocenters. The predicted octanol–water partition coefficient (Wildman–Crippen LogP) is 1.54. The van der Waals surface area contributed by atoms with Crippen molar-refractivity contribution in [2.45, 2.75) is 36.8 Å². The molecule has 0 radical (unpaired) electrons. The van der Waals surface area contributed by atoms with Crippen LogP contribution in [0.1, 0.15) is 25.7 Å². The van der Waals surface area contributed by atoms with Gasteiger partial charge < -0.3 is 5.73 Å². The highest BCUT2D eigenvalue weighted by molar-refractivity contribution is 7.89. The number of thiazole rings is 1. The van der Waals surface area contributed by atoms with Crippen LogP contribution in [0, 0.1) is 5.92 Å². The fourth-order valence-electron chi connectivity index (χ4n) is 2.51. The first-order valence-corrected chi connectivity index (χ1v) is 9.12. The number of rotatable bonds is 5. The summed E-state index contributed by atoms with van der Waals surface area (Å²) in [7, 11) is -3.56. The number of sulfonamides is 1. The van der Waals surface area contributed by atoms with Crippen molar-refractivity contribution in [1.29, 1.82) is 0 Å². The van der Waals surface area contributed by atoms with Crippen LogP contribution < -0.4 is 5.73 Å². The normalized spacial score (nSPS) is 20.1. The summed E-state index contributed by atoms with van der Waals surface area (Å²) >= 11 is 1.39. The van der Waals surface area contributed by atoms with E-state index in [9.17, 15) is 8.42 Å². The van der Waals surface area contributed by atoms with Gasteiger partial charge in [0, 0.05) is 24.2 Å². The van der Waals surface area contributed by atoms with Gasteiger partial charge >= 0.3 is 0 Å². The molecule has 8 heteroatoms. The predicted molar refractivity (Wildman–Crippen MR) is 77.1 cm³/mol. The van der Waals surface area contributed by atoms with Crippen molar-refractivity contribution in [3.63, 3.8) is 0 Å². The van der Waals surface area contributed by atoms with E-state index in [1.165, 1.54) is 11.3 Å². The Morgan fingerprint density at radius 2 is 2.15 bits per heavy atom. The zero-order valence-corrected chi connectivity index (χ0v) is 12.5. The molecule has 2 aliphatic carbocycles. The van der Waals surface area contributed by atoms with E-state index < -0.39 is 10.0 Å². The Labute approximate surface area is 121 Å². The lowest BCUT2D eigenvalue weighted by atomic mass is 10.4. The van der Waals surface area contributed by atoms with Crippen LogP contribution in [0.5, 0.6) is 0 Å². The van der Waals surface area contributed by atoms with Crippen LogP contribution >= 0.6 is 11.3 Å². The molecule has 2 N–H and O–H groups in total. The van der Waals surface area contributed by atoms with Gasteiger partial charge in [-0.2, -0.15) is 4.31 Å². The second kappa shape index (κ2) is 4.19. The fraction of sp³-hybridized carbons (Fsp3) is 0.583. The molecule has 4 rings (SSSR count). The van der Waals surface area contributed by atoms with Crippen molar-refractivity contribution in [3.8, 4) is 0 Å². The maximum absolute atomic E-state index is 13.0. The van der Waals surface area contributed by atoms with E-state index in [0.29, 0.717) is 17.4 Å². The van der Waals surface area contributed by atoms with E-state index in [4.69, 9.17) is 5.73 Å². The first-order chi connectivity index (χ1) is 9.57. The van der Waals surface area contributed by atoms with Crippen LogP contribution in [-0.2, 0) is 10.0 Å². The zero-order chi connectivity index (χ0) is 13.9. The Balaban J connectivity index is 1.80. The molecule has 2 aliphatic rings. The van der Waals surface area contributed by atoms with Crippen LogP contribution in [0.4, 0.5) is 5.82 Å². The maximum atomic E-state index is 13.0. The van der Waals surface area contributed by atoms with E-state index in [1.807, 2.05) is 5.38 Å². The zero-order valence-electron chi connectivity index (χ0n) is 10.9. The van der Waals surface area contributed by atoms with Crippen molar-refractivity contribution in [2.24, 2.45) is 5.92 Å². The molecular formula is C12H16N4O2S2. The minimum Gasteiger partial charge on any atom is -0.381 e. The van der Waals surface area contributed by atoms with Crippen LogP contribution in [0.3, 0.4) is 0 Å². The number of anilines is 1. The van der Waals surface area contributed by atoms with Gasteiger partial charge in [0.25, 0.3) is 10.0 Å². The Hall–Kier alpha value is -1.12. The number of nitrogen functional groups attached to an aromatic ring is 1. The van der Waals surface area contributed by atoms with Crippen LogP contribution in [0.2, 0.25) is 0 Å². The van der Waals surface area contributed by atoms with Gasteiger partial charge in [0.1, 0.15) is 0 Å². The molecule has 6 nitrogen and oxygen atoms in total. The van der Waals surface area contributed by atoms with E-state index in [0.717, 1.165) is 25.7 Å². The summed E-state index contributed by atoms with van der Waals surface area (Å²) in [5, 5.41) is 1.96. The van der Waals surface area contributed by atoms with Gasteiger partial charge in [-0.25, -0.2) is 13.4 Å².